The number of amides is 3. The van der Waals surface area contributed by atoms with E-state index in [1.54, 1.807) is 31.3 Å². The van der Waals surface area contributed by atoms with Crippen molar-refractivity contribution in [3.8, 4) is 0 Å². The number of anilines is 1. The summed E-state index contributed by atoms with van der Waals surface area (Å²) in [5, 5.41) is 9.81. The zero-order valence-corrected chi connectivity index (χ0v) is 15.2. The molecule has 138 valence electrons. The Morgan fingerprint density at radius 3 is 2.69 bits per heavy atom. The molecule has 1 fully saturated rings. The van der Waals surface area contributed by atoms with E-state index in [9.17, 15) is 9.59 Å². The number of carbonyl (C=O) groups is 2. The molecule has 0 aliphatic carbocycles. The van der Waals surface area contributed by atoms with Crippen LogP contribution in [0.1, 0.15) is 28.8 Å². The van der Waals surface area contributed by atoms with E-state index in [1.807, 2.05) is 22.7 Å². The SMILES string of the molecule is CNC(=O)c1cccc(NC(=O)N2CCC(Cn3cc(C)cn3)CC2)c1. The molecule has 1 saturated heterocycles. The van der Waals surface area contributed by atoms with Crippen molar-refractivity contribution in [1.29, 1.82) is 0 Å². The van der Waals surface area contributed by atoms with Gasteiger partial charge >= 0.3 is 6.03 Å². The van der Waals surface area contributed by atoms with Gasteiger partial charge in [0.25, 0.3) is 5.91 Å². The van der Waals surface area contributed by atoms with Gasteiger partial charge in [-0.15, -0.1) is 0 Å². The summed E-state index contributed by atoms with van der Waals surface area (Å²) < 4.78 is 1.99. The van der Waals surface area contributed by atoms with Crippen molar-refractivity contribution in [1.82, 2.24) is 20.0 Å². The van der Waals surface area contributed by atoms with Gasteiger partial charge in [-0.1, -0.05) is 6.07 Å². The molecule has 1 aliphatic rings. The molecule has 0 radical (unpaired) electrons. The van der Waals surface area contributed by atoms with Crippen LogP contribution in [0.2, 0.25) is 0 Å². The highest BCUT2D eigenvalue weighted by molar-refractivity contribution is 5.96. The molecular formula is C19H25N5O2. The van der Waals surface area contributed by atoms with E-state index in [4.69, 9.17) is 0 Å². The number of likely N-dealkylation sites (tertiary alicyclic amines) is 1. The molecule has 1 aliphatic heterocycles. The summed E-state index contributed by atoms with van der Waals surface area (Å²) in [7, 11) is 1.59. The Morgan fingerprint density at radius 2 is 2.04 bits per heavy atom. The maximum absolute atomic E-state index is 12.5. The molecule has 0 bridgehead atoms. The Hall–Kier alpha value is -2.83. The summed E-state index contributed by atoms with van der Waals surface area (Å²) >= 11 is 0. The van der Waals surface area contributed by atoms with Crippen LogP contribution in [-0.4, -0.2) is 46.8 Å². The van der Waals surface area contributed by atoms with E-state index in [2.05, 4.69) is 21.9 Å². The van der Waals surface area contributed by atoms with E-state index >= 15 is 0 Å². The van der Waals surface area contributed by atoms with E-state index < -0.39 is 0 Å². The van der Waals surface area contributed by atoms with Crippen molar-refractivity contribution in [2.45, 2.75) is 26.3 Å². The Morgan fingerprint density at radius 1 is 1.27 bits per heavy atom. The predicted octanol–water partition coefficient (Wildman–Crippen LogP) is 2.50. The van der Waals surface area contributed by atoms with Crippen LogP contribution in [0.3, 0.4) is 0 Å². The number of aryl methyl sites for hydroxylation is 1. The smallest absolute Gasteiger partial charge is 0.321 e. The molecular weight excluding hydrogens is 330 g/mol. The number of rotatable bonds is 4. The highest BCUT2D eigenvalue weighted by atomic mass is 16.2. The van der Waals surface area contributed by atoms with Gasteiger partial charge in [-0.25, -0.2) is 4.79 Å². The topological polar surface area (TPSA) is 79.3 Å². The number of urea groups is 1. The van der Waals surface area contributed by atoms with Gasteiger partial charge in [-0.05, 0) is 49.4 Å². The van der Waals surface area contributed by atoms with Crippen molar-refractivity contribution < 1.29 is 9.59 Å². The number of piperidine rings is 1. The number of benzene rings is 1. The molecule has 3 amide bonds. The van der Waals surface area contributed by atoms with Crippen LogP contribution in [-0.2, 0) is 6.54 Å². The van der Waals surface area contributed by atoms with E-state index in [-0.39, 0.29) is 11.9 Å². The molecule has 2 aromatic rings. The van der Waals surface area contributed by atoms with Crippen molar-refractivity contribution in [2.75, 3.05) is 25.5 Å². The minimum atomic E-state index is -0.171. The minimum Gasteiger partial charge on any atom is -0.355 e. The summed E-state index contributed by atoms with van der Waals surface area (Å²) in [6.45, 7) is 4.39. The molecule has 0 saturated carbocycles. The second kappa shape index (κ2) is 8.03. The van der Waals surface area contributed by atoms with Crippen LogP contribution in [0.15, 0.2) is 36.7 Å². The summed E-state index contributed by atoms with van der Waals surface area (Å²) in [6.07, 6.45) is 5.85. The van der Waals surface area contributed by atoms with E-state index in [1.165, 1.54) is 5.56 Å². The summed E-state index contributed by atoms with van der Waals surface area (Å²) in [5.74, 6) is 0.366. The third-order valence-electron chi connectivity index (χ3n) is 4.71. The highest BCUT2D eigenvalue weighted by Gasteiger charge is 2.23. The zero-order chi connectivity index (χ0) is 18.5. The van der Waals surface area contributed by atoms with Crippen molar-refractivity contribution in [3.63, 3.8) is 0 Å². The van der Waals surface area contributed by atoms with Gasteiger partial charge in [0.2, 0.25) is 0 Å². The van der Waals surface area contributed by atoms with Crippen LogP contribution < -0.4 is 10.6 Å². The molecule has 0 unspecified atom stereocenters. The maximum Gasteiger partial charge on any atom is 0.321 e. The first-order chi connectivity index (χ1) is 12.5. The van der Waals surface area contributed by atoms with Gasteiger partial charge in [0.05, 0.1) is 6.20 Å². The number of carbonyl (C=O) groups excluding carboxylic acids is 2. The summed E-state index contributed by atoms with van der Waals surface area (Å²) in [5.41, 5.74) is 2.32. The molecule has 0 spiro atoms. The average molecular weight is 355 g/mol. The standard InChI is InChI=1S/C19H25N5O2/c1-14-11-21-24(12-14)13-15-6-8-23(9-7-15)19(26)22-17-5-3-4-16(10-17)18(25)20-2/h3-5,10-12,15H,6-9,13H2,1-2H3,(H,20,25)(H,22,26). The first-order valence-corrected chi connectivity index (χ1v) is 8.92. The number of hydrogen-bond donors (Lipinski definition) is 2. The van der Waals surface area contributed by atoms with Crippen LogP contribution in [0, 0.1) is 12.8 Å². The Labute approximate surface area is 153 Å². The minimum absolute atomic E-state index is 0.118. The average Bonchev–Trinajstić information content (AvgIpc) is 3.06. The molecule has 3 rings (SSSR count). The fraction of sp³-hybridized carbons (Fsp3) is 0.421. The number of nitrogens with zero attached hydrogens (tertiary/aromatic N) is 3. The van der Waals surface area contributed by atoms with E-state index in [0.717, 1.165) is 32.5 Å². The quantitative estimate of drug-likeness (QED) is 0.884. The van der Waals surface area contributed by atoms with Crippen LogP contribution >= 0.6 is 0 Å². The molecule has 2 N–H and O–H groups in total. The van der Waals surface area contributed by atoms with Gasteiger partial charge in [-0.2, -0.15) is 5.10 Å². The van der Waals surface area contributed by atoms with Gasteiger partial charge < -0.3 is 15.5 Å². The predicted molar refractivity (Wildman–Crippen MR) is 100 cm³/mol. The van der Waals surface area contributed by atoms with Crippen molar-refractivity contribution in [3.05, 3.63) is 47.8 Å². The fourth-order valence-electron chi connectivity index (χ4n) is 3.24. The second-order valence-corrected chi connectivity index (χ2v) is 6.76. The lowest BCUT2D eigenvalue weighted by Gasteiger charge is -2.32. The lowest BCUT2D eigenvalue weighted by Crippen LogP contribution is -2.41. The Bertz CT molecular complexity index is 778. The number of nitrogens with one attached hydrogen (secondary N) is 2. The molecule has 26 heavy (non-hydrogen) atoms. The molecule has 7 heteroatoms. The lowest BCUT2D eigenvalue weighted by atomic mass is 9.97. The normalized spacial score (nSPS) is 14.9. The lowest BCUT2D eigenvalue weighted by molar-refractivity contribution is 0.0963. The first-order valence-electron chi connectivity index (χ1n) is 8.92. The van der Waals surface area contributed by atoms with Gasteiger partial charge in [0.1, 0.15) is 0 Å². The summed E-state index contributed by atoms with van der Waals surface area (Å²) in [4.78, 5) is 26.0. The Kier molecular flexibility index (Phi) is 5.55. The van der Waals surface area contributed by atoms with Crippen molar-refractivity contribution >= 4 is 17.6 Å². The largest absolute Gasteiger partial charge is 0.355 e. The van der Waals surface area contributed by atoms with Crippen LogP contribution in [0.5, 0.6) is 0 Å². The van der Waals surface area contributed by atoms with Crippen LogP contribution in [0.4, 0.5) is 10.5 Å². The fourth-order valence-corrected chi connectivity index (χ4v) is 3.24. The van der Waals surface area contributed by atoms with Gasteiger partial charge in [-0.3, -0.25) is 9.48 Å². The van der Waals surface area contributed by atoms with Gasteiger partial charge in [0, 0.05) is 44.1 Å². The van der Waals surface area contributed by atoms with Crippen LogP contribution in [0.25, 0.3) is 0 Å². The molecule has 0 atom stereocenters. The molecule has 1 aromatic carbocycles. The highest BCUT2D eigenvalue weighted by Crippen LogP contribution is 2.20. The monoisotopic (exact) mass is 355 g/mol. The number of aromatic nitrogens is 2. The maximum atomic E-state index is 12.5. The summed E-state index contributed by atoms with van der Waals surface area (Å²) in [6, 6.07) is 6.84. The molecule has 2 heterocycles. The van der Waals surface area contributed by atoms with Crippen molar-refractivity contribution in [2.24, 2.45) is 5.92 Å². The van der Waals surface area contributed by atoms with Gasteiger partial charge in [0.15, 0.2) is 0 Å². The zero-order valence-electron chi connectivity index (χ0n) is 15.2. The third kappa shape index (κ3) is 4.41. The second-order valence-electron chi connectivity index (χ2n) is 6.76. The Balaban J connectivity index is 1.51. The third-order valence-corrected chi connectivity index (χ3v) is 4.71. The van der Waals surface area contributed by atoms with E-state index in [0.29, 0.717) is 17.2 Å². The number of hydrogen-bond acceptors (Lipinski definition) is 3. The molecule has 7 nitrogen and oxygen atoms in total. The first kappa shape index (κ1) is 18.0. The molecule has 1 aromatic heterocycles.